The first-order valence-corrected chi connectivity index (χ1v) is 3.79. The van der Waals surface area contributed by atoms with Crippen molar-refractivity contribution in [3.8, 4) is 6.07 Å². The van der Waals surface area contributed by atoms with E-state index in [0.717, 1.165) is 16.3 Å². The van der Waals surface area contributed by atoms with E-state index in [2.05, 4.69) is 6.07 Å². The van der Waals surface area contributed by atoms with Crippen LogP contribution >= 0.6 is 0 Å². The Kier molecular flexibility index (Phi) is 3.06. The molecule has 66 valence electrons. The zero-order chi connectivity index (χ0) is 8.39. The number of rotatable bonds is 0. The van der Waals surface area contributed by atoms with Crippen LogP contribution in [-0.2, 0) is 16.5 Å². The molecule has 2 aromatic rings. The van der Waals surface area contributed by atoms with E-state index in [0.29, 0.717) is 0 Å². The molecule has 0 amide bonds. The van der Waals surface area contributed by atoms with E-state index in [1.54, 1.807) is 0 Å². The Hall–Kier alpha value is -1.32. The van der Waals surface area contributed by atoms with Crippen LogP contribution < -0.4 is 0 Å². The second-order valence-electron chi connectivity index (χ2n) is 2.64. The monoisotopic (exact) mass is 211 g/mol. The summed E-state index contributed by atoms with van der Waals surface area (Å²) in [5.41, 5.74) is 0.744. The van der Waals surface area contributed by atoms with Gasteiger partial charge in [0.15, 0.2) is 0 Å². The summed E-state index contributed by atoms with van der Waals surface area (Å²) in [5.74, 6) is 0. The predicted octanol–water partition coefficient (Wildman–Crippen LogP) is 2.71. The van der Waals surface area contributed by atoms with Crippen LogP contribution in [0.15, 0.2) is 42.5 Å². The van der Waals surface area contributed by atoms with E-state index >= 15 is 0 Å². The summed E-state index contributed by atoms with van der Waals surface area (Å²) in [4.78, 5) is 0. The molecule has 0 fully saturated rings. The largest absolute Gasteiger partial charge is 0.192 e. The molecule has 1 nitrogen and oxygen atoms in total. The van der Waals surface area contributed by atoms with Crippen LogP contribution in [0.2, 0.25) is 0 Å². The first-order chi connectivity index (χ1) is 5.92. The van der Waals surface area contributed by atoms with E-state index in [4.69, 9.17) is 5.26 Å². The molecule has 0 aliphatic carbocycles. The smallest absolute Gasteiger partial charge is 0.0998 e. The summed E-state index contributed by atoms with van der Waals surface area (Å²) >= 11 is 0. The van der Waals surface area contributed by atoms with E-state index in [9.17, 15) is 0 Å². The average Bonchev–Trinajstić information content (AvgIpc) is 2.17. The van der Waals surface area contributed by atoms with Gasteiger partial charge in [0.1, 0.15) is 0 Å². The van der Waals surface area contributed by atoms with E-state index in [1.165, 1.54) is 0 Å². The Morgan fingerprint density at radius 1 is 0.923 bits per heavy atom. The van der Waals surface area contributed by atoms with Crippen LogP contribution in [0.4, 0.5) is 0 Å². The Morgan fingerprint density at radius 3 is 2.38 bits per heavy atom. The van der Waals surface area contributed by atoms with E-state index in [1.807, 2.05) is 42.5 Å². The molecule has 0 bridgehead atoms. The molecule has 0 heterocycles. The van der Waals surface area contributed by atoms with Gasteiger partial charge in [-0.3, -0.25) is 0 Å². The topological polar surface area (TPSA) is 23.8 Å². The third kappa shape index (κ3) is 1.71. The van der Waals surface area contributed by atoms with Crippen molar-refractivity contribution in [2.45, 2.75) is 0 Å². The molecule has 0 radical (unpaired) electrons. The van der Waals surface area contributed by atoms with Crippen molar-refractivity contribution in [1.29, 1.82) is 5.26 Å². The Balaban J connectivity index is 0.000000845. The third-order valence-corrected chi connectivity index (χ3v) is 1.91. The minimum absolute atomic E-state index is 0. The summed E-state index contributed by atoms with van der Waals surface area (Å²) in [6.07, 6.45) is 0. The van der Waals surface area contributed by atoms with Crippen LogP contribution in [-0.4, -0.2) is 0 Å². The second-order valence-corrected chi connectivity index (χ2v) is 2.64. The summed E-state index contributed by atoms with van der Waals surface area (Å²) in [6.45, 7) is 0. The van der Waals surface area contributed by atoms with Crippen molar-refractivity contribution in [3.05, 3.63) is 48.0 Å². The first-order valence-electron chi connectivity index (χ1n) is 3.79. The third-order valence-electron chi connectivity index (χ3n) is 1.91. The number of hydrogen-bond donors (Lipinski definition) is 0. The fourth-order valence-corrected chi connectivity index (χ4v) is 1.32. The second kappa shape index (κ2) is 4.07. The van der Waals surface area contributed by atoms with Gasteiger partial charge in [-0.2, -0.15) is 5.26 Å². The fourth-order valence-electron chi connectivity index (χ4n) is 1.32. The maximum absolute atomic E-state index is 8.79. The van der Waals surface area contributed by atoms with Gasteiger partial charge in [0.25, 0.3) is 0 Å². The maximum atomic E-state index is 8.79. The SMILES string of the molecule is N#Cc1cccc2ccccc12.[Ni]. The van der Waals surface area contributed by atoms with Crippen LogP contribution in [0.5, 0.6) is 0 Å². The van der Waals surface area contributed by atoms with Gasteiger partial charge in [-0.1, -0.05) is 36.4 Å². The van der Waals surface area contributed by atoms with Gasteiger partial charge >= 0.3 is 0 Å². The molecular weight excluding hydrogens is 205 g/mol. The van der Waals surface area contributed by atoms with Crippen molar-refractivity contribution in [1.82, 2.24) is 0 Å². The molecule has 2 aromatic carbocycles. The zero-order valence-electron chi connectivity index (χ0n) is 6.80. The van der Waals surface area contributed by atoms with Crippen LogP contribution in [0, 0.1) is 11.3 Å². The summed E-state index contributed by atoms with van der Waals surface area (Å²) in [6, 6.07) is 15.8. The molecule has 0 aliphatic rings. The fraction of sp³-hybridized carbons (Fsp3) is 0. The van der Waals surface area contributed by atoms with Crippen molar-refractivity contribution in [2.75, 3.05) is 0 Å². The van der Waals surface area contributed by atoms with Crippen LogP contribution in [0.25, 0.3) is 10.8 Å². The van der Waals surface area contributed by atoms with Crippen LogP contribution in [0.1, 0.15) is 5.56 Å². The minimum atomic E-state index is 0. The standard InChI is InChI=1S/C11H7N.Ni/c12-8-10-6-3-5-9-4-1-2-7-11(9)10;/h1-7H;. The van der Waals surface area contributed by atoms with Gasteiger partial charge < -0.3 is 0 Å². The number of nitriles is 1. The average molecular weight is 212 g/mol. The number of benzene rings is 2. The van der Waals surface area contributed by atoms with Gasteiger partial charge in [0.05, 0.1) is 11.6 Å². The molecule has 0 N–H and O–H groups in total. The molecule has 0 spiro atoms. The quantitative estimate of drug-likeness (QED) is 0.615. The van der Waals surface area contributed by atoms with Crippen molar-refractivity contribution >= 4 is 10.8 Å². The van der Waals surface area contributed by atoms with Gasteiger partial charge in [0.2, 0.25) is 0 Å². The molecule has 0 unspecified atom stereocenters. The van der Waals surface area contributed by atoms with Gasteiger partial charge in [0, 0.05) is 16.5 Å². The van der Waals surface area contributed by atoms with Crippen LogP contribution in [0.3, 0.4) is 0 Å². The number of hydrogen-bond acceptors (Lipinski definition) is 1. The molecule has 2 rings (SSSR count). The molecule has 0 saturated heterocycles. The molecule has 0 atom stereocenters. The number of fused-ring (bicyclic) bond motifs is 1. The first kappa shape index (κ1) is 9.77. The normalized spacial score (nSPS) is 8.85. The molecule has 13 heavy (non-hydrogen) atoms. The van der Waals surface area contributed by atoms with Gasteiger partial charge in [-0.25, -0.2) is 0 Å². The minimum Gasteiger partial charge on any atom is -0.192 e. The molecular formula is C11H7NNi. The van der Waals surface area contributed by atoms with Crippen molar-refractivity contribution in [3.63, 3.8) is 0 Å². The Labute approximate surface area is 86.9 Å². The van der Waals surface area contributed by atoms with Gasteiger partial charge in [-0.15, -0.1) is 0 Å². The molecule has 0 aliphatic heterocycles. The van der Waals surface area contributed by atoms with E-state index in [-0.39, 0.29) is 16.5 Å². The van der Waals surface area contributed by atoms with E-state index < -0.39 is 0 Å². The Morgan fingerprint density at radius 2 is 1.62 bits per heavy atom. The molecule has 2 heteroatoms. The van der Waals surface area contributed by atoms with Gasteiger partial charge in [-0.05, 0) is 16.8 Å². The number of nitrogens with zero attached hydrogens (tertiary/aromatic N) is 1. The maximum Gasteiger partial charge on any atom is 0.0998 e. The van der Waals surface area contributed by atoms with Crippen molar-refractivity contribution < 1.29 is 16.5 Å². The summed E-state index contributed by atoms with van der Waals surface area (Å²) in [5, 5.41) is 10.9. The summed E-state index contributed by atoms with van der Waals surface area (Å²) in [7, 11) is 0. The molecule has 0 aromatic heterocycles. The summed E-state index contributed by atoms with van der Waals surface area (Å²) < 4.78 is 0. The Bertz CT molecular complexity index is 452. The zero-order valence-corrected chi connectivity index (χ0v) is 7.79. The van der Waals surface area contributed by atoms with Crippen molar-refractivity contribution in [2.24, 2.45) is 0 Å². The molecule has 0 saturated carbocycles. The predicted molar refractivity (Wildman–Crippen MR) is 48.7 cm³/mol.